The predicted molar refractivity (Wildman–Crippen MR) is 133 cm³/mol. The molecule has 0 unspecified atom stereocenters. The van der Waals surface area contributed by atoms with Crippen molar-refractivity contribution < 1.29 is 19.0 Å². The van der Waals surface area contributed by atoms with Crippen molar-refractivity contribution in [1.82, 2.24) is 9.55 Å². The fraction of sp³-hybridized carbons (Fsp3) is 0.308. The Morgan fingerprint density at radius 3 is 2.60 bits per heavy atom. The van der Waals surface area contributed by atoms with Crippen LogP contribution in [0.5, 0.6) is 11.5 Å². The van der Waals surface area contributed by atoms with Gasteiger partial charge >= 0.3 is 5.97 Å². The summed E-state index contributed by atoms with van der Waals surface area (Å²) in [5.74, 6) is 0.575. The Morgan fingerprint density at radius 1 is 1.20 bits per heavy atom. The summed E-state index contributed by atoms with van der Waals surface area (Å²) in [6, 6.07) is 8.33. The molecule has 0 N–H and O–H groups in total. The van der Waals surface area contributed by atoms with Gasteiger partial charge in [0.1, 0.15) is 0 Å². The van der Waals surface area contributed by atoms with Crippen LogP contribution in [0.4, 0.5) is 0 Å². The molecule has 0 fully saturated rings. The van der Waals surface area contributed by atoms with Gasteiger partial charge in [-0.1, -0.05) is 17.4 Å². The highest BCUT2D eigenvalue weighted by molar-refractivity contribution is 7.07. The number of fused-ring (bicyclic) bond motifs is 1. The zero-order valence-electron chi connectivity index (χ0n) is 20.3. The van der Waals surface area contributed by atoms with E-state index in [2.05, 4.69) is 9.98 Å². The second kappa shape index (κ2) is 10.3. The molecule has 1 aromatic carbocycles. The number of carbonyl (C=O) groups excluding carboxylic acids is 1. The number of rotatable bonds is 7. The van der Waals surface area contributed by atoms with Crippen LogP contribution in [0.15, 0.2) is 63.8 Å². The second-order valence-corrected chi connectivity index (χ2v) is 9.17. The average molecular weight is 494 g/mol. The Morgan fingerprint density at radius 2 is 1.94 bits per heavy atom. The molecule has 0 amide bonds. The molecule has 0 bridgehead atoms. The van der Waals surface area contributed by atoms with Gasteiger partial charge in [-0.15, -0.1) is 0 Å². The number of benzene rings is 1. The van der Waals surface area contributed by atoms with Crippen LogP contribution in [0.3, 0.4) is 0 Å². The van der Waals surface area contributed by atoms with Gasteiger partial charge in [0, 0.05) is 12.4 Å². The lowest BCUT2D eigenvalue weighted by Crippen LogP contribution is -2.40. The molecule has 0 saturated carbocycles. The summed E-state index contributed by atoms with van der Waals surface area (Å²) in [4.78, 5) is 35.8. The molecule has 0 saturated heterocycles. The highest BCUT2D eigenvalue weighted by atomic mass is 32.1. The number of allylic oxidation sites excluding steroid dienone is 1. The minimum Gasteiger partial charge on any atom is -0.493 e. The molecule has 9 heteroatoms. The molecule has 1 aliphatic rings. The van der Waals surface area contributed by atoms with Crippen LogP contribution in [0.2, 0.25) is 0 Å². The summed E-state index contributed by atoms with van der Waals surface area (Å²) in [7, 11) is 1.56. The quantitative estimate of drug-likeness (QED) is 0.470. The van der Waals surface area contributed by atoms with Gasteiger partial charge in [0.05, 0.1) is 41.7 Å². The topological polar surface area (TPSA) is 92.0 Å². The highest BCUT2D eigenvalue weighted by Gasteiger charge is 2.34. The van der Waals surface area contributed by atoms with Gasteiger partial charge in [-0.2, -0.15) is 0 Å². The van der Waals surface area contributed by atoms with Gasteiger partial charge in [-0.3, -0.25) is 14.3 Å². The molecule has 4 rings (SSSR count). The number of hydrogen-bond donors (Lipinski definition) is 0. The molecule has 0 aliphatic carbocycles. The van der Waals surface area contributed by atoms with Gasteiger partial charge in [0.15, 0.2) is 16.3 Å². The lowest BCUT2D eigenvalue weighted by molar-refractivity contribution is -0.139. The van der Waals surface area contributed by atoms with Crippen LogP contribution < -0.4 is 24.4 Å². The molecule has 3 heterocycles. The molecule has 3 aromatic rings. The van der Waals surface area contributed by atoms with Crippen molar-refractivity contribution in [2.75, 3.05) is 13.7 Å². The monoisotopic (exact) mass is 493 g/mol. The molecule has 1 atom stereocenters. The first-order chi connectivity index (χ1) is 16.8. The third kappa shape index (κ3) is 4.90. The van der Waals surface area contributed by atoms with Crippen molar-refractivity contribution in [3.8, 4) is 11.5 Å². The van der Waals surface area contributed by atoms with Gasteiger partial charge in [-0.05, 0) is 69.2 Å². The van der Waals surface area contributed by atoms with E-state index in [1.165, 1.54) is 11.3 Å². The minimum absolute atomic E-state index is 0.0437. The van der Waals surface area contributed by atoms with E-state index in [0.29, 0.717) is 37.7 Å². The number of ether oxygens (including phenoxy) is 3. The fourth-order valence-electron chi connectivity index (χ4n) is 3.92. The molecule has 35 heavy (non-hydrogen) atoms. The van der Waals surface area contributed by atoms with Crippen molar-refractivity contribution in [2.45, 2.75) is 39.8 Å². The number of carbonyl (C=O) groups is 1. The maximum Gasteiger partial charge on any atom is 0.338 e. The molecule has 2 aromatic heterocycles. The Kier molecular flexibility index (Phi) is 7.16. The number of aromatic nitrogens is 2. The average Bonchev–Trinajstić information content (AvgIpc) is 3.13. The van der Waals surface area contributed by atoms with E-state index in [0.717, 1.165) is 5.56 Å². The molecule has 1 aliphatic heterocycles. The van der Waals surface area contributed by atoms with E-state index >= 15 is 0 Å². The Hall–Kier alpha value is -3.72. The lowest BCUT2D eigenvalue weighted by atomic mass is 9.95. The number of methoxy groups -OCH3 is 1. The standard InChI is InChI=1S/C26H27N3O5S/c1-6-33-25(31)22-16(4)28-26-29(24(30)21(35-26)13-17-9-11-27-12-10-17)23(22)18-7-8-19(34-15(2)3)20(14-18)32-5/h7-15,23H,6H2,1-5H3/b21-13-/t23-/m0/s1. The van der Waals surface area contributed by atoms with Crippen molar-refractivity contribution >= 4 is 23.4 Å². The predicted octanol–water partition coefficient (Wildman–Crippen LogP) is 2.99. The van der Waals surface area contributed by atoms with Gasteiger partial charge in [0.25, 0.3) is 5.56 Å². The van der Waals surface area contributed by atoms with Crippen LogP contribution in [0.1, 0.15) is 44.9 Å². The van der Waals surface area contributed by atoms with Crippen LogP contribution in [-0.2, 0) is 9.53 Å². The molecule has 182 valence electrons. The number of pyridine rings is 1. The number of thiazole rings is 1. The van der Waals surface area contributed by atoms with Crippen molar-refractivity contribution in [3.63, 3.8) is 0 Å². The van der Waals surface area contributed by atoms with Crippen LogP contribution in [-0.4, -0.2) is 35.3 Å². The second-order valence-electron chi connectivity index (χ2n) is 8.16. The largest absolute Gasteiger partial charge is 0.493 e. The minimum atomic E-state index is -0.730. The number of hydrogen-bond acceptors (Lipinski definition) is 8. The summed E-state index contributed by atoms with van der Waals surface area (Å²) in [5, 5.41) is 0. The Bertz CT molecular complexity index is 1450. The maximum absolute atomic E-state index is 13.6. The Labute approximate surface area is 206 Å². The first-order valence-electron chi connectivity index (χ1n) is 11.3. The molecule has 0 spiro atoms. The maximum atomic E-state index is 13.6. The smallest absolute Gasteiger partial charge is 0.338 e. The van der Waals surface area contributed by atoms with E-state index < -0.39 is 12.0 Å². The lowest BCUT2D eigenvalue weighted by Gasteiger charge is -2.25. The fourth-order valence-corrected chi connectivity index (χ4v) is 4.97. The molecular weight excluding hydrogens is 466 g/mol. The van der Waals surface area contributed by atoms with E-state index in [9.17, 15) is 9.59 Å². The molecular formula is C26H27N3O5S. The highest BCUT2D eigenvalue weighted by Crippen LogP contribution is 2.36. The third-order valence-electron chi connectivity index (χ3n) is 5.39. The van der Waals surface area contributed by atoms with Crippen LogP contribution >= 0.6 is 11.3 Å². The van der Waals surface area contributed by atoms with Crippen LogP contribution in [0.25, 0.3) is 6.08 Å². The van der Waals surface area contributed by atoms with Crippen molar-refractivity contribution in [1.29, 1.82) is 0 Å². The zero-order valence-corrected chi connectivity index (χ0v) is 21.1. The first-order valence-corrected chi connectivity index (χ1v) is 12.1. The van der Waals surface area contributed by atoms with Crippen molar-refractivity contribution in [2.24, 2.45) is 4.99 Å². The summed E-state index contributed by atoms with van der Waals surface area (Å²) < 4.78 is 18.8. The van der Waals surface area contributed by atoms with E-state index in [1.807, 2.05) is 32.0 Å². The zero-order chi connectivity index (χ0) is 25.1. The third-order valence-corrected chi connectivity index (χ3v) is 6.37. The first kappa shape index (κ1) is 24.4. The van der Waals surface area contributed by atoms with E-state index in [-0.39, 0.29) is 18.3 Å². The summed E-state index contributed by atoms with van der Waals surface area (Å²) >= 11 is 1.27. The molecule has 0 radical (unpaired) electrons. The van der Waals surface area contributed by atoms with Gasteiger partial charge < -0.3 is 14.2 Å². The Balaban J connectivity index is 1.94. The SMILES string of the molecule is CCOC(=O)C1=C(C)N=c2s/c(=C\c3ccncc3)c(=O)n2[C@H]1c1ccc(OC(C)C)c(OC)c1. The van der Waals surface area contributed by atoms with Crippen LogP contribution in [0, 0.1) is 0 Å². The number of esters is 1. The van der Waals surface area contributed by atoms with Crippen molar-refractivity contribution in [3.05, 3.63) is 84.8 Å². The van der Waals surface area contributed by atoms with Gasteiger partial charge in [-0.25, -0.2) is 9.79 Å². The normalized spacial score (nSPS) is 15.6. The van der Waals surface area contributed by atoms with E-state index in [1.54, 1.807) is 56.1 Å². The summed E-state index contributed by atoms with van der Waals surface area (Å²) in [6.07, 6.45) is 5.09. The van der Waals surface area contributed by atoms with E-state index in [4.69, 9.17) is 14.2 Å². The van der Waals surface area contributed by atoms with Gasteiger partial charge in [0.2, 0.25) is 0 Å². The summed E-state index contributed by atoms with van der Waals surface area (Å²) in [6.45, 7) is 7.57. The number of nitrogens with zero attached hydrogens (tertiary/aromatic N) is 3. The summed E-state index contributed by atoms with van der Waals surface area (Å²) in [5.41, 5.74) is 2.11. The molecule has 8 nitrogen and oxygen atoms in total.